The van der Waals surface area contributed by atoms with Gasteiger partial charge in [0.05, 0.1) is 0 Å². The molecule has 36 heavy (non-hydrogen) atoms. The van der Waals surface area contributed by atoms with Crippen molar-refractivity contribution in [1.82, 2.24) is 0 Å². The van der Waals surface area contributed by atoms with Gasteiger partial charge < -0.3 is 0 Å². The third kappa shape index (κ3) is 2.86. The first-order chi connectivity index (χ1) is 17.9. The number of rotatable bonds is 2. The Kier molecular flexibility index (Phi) is 4.36. The zero-order valence-electron chi connectivity index (χ0n) is 19.4. The number of fused-ring (bicyclic) bond motifs is 7. The largest absolute Gasteiger partial charge is 0.144 e. The summed E-state index contributed by atoms with van der Waals surface area (Å²) in [5.74, 6) is 0. The van der Waals surface area contributed by atoms with Gasteiger partial charge in [-0.05, 0) is 73.4 Å². The molecule has 0 saturated heterocycles. The smallest absolute Gasteiger partial charge is 0.0442 e. The Morgan fingerprint density at radius 2 is 1.00 bits per heavy atom. The van der Waals surface area contributed by atoms with Gasteiger partial charge >= 0.3 is 0 Å². The molecule has 2 heteroatoms. The molecule has 0 saturated carbocycles. The third-order valence-corrected chi connectivity index (χ3v) is 9.45. The van der Waals surface area contributed by atoms with Crippen LogP contribution in [0, 0.1) is 0 Å². The van der Waals surface area contributed by atoms with E-state index in [1.165, 1.54) is 74.1 Å². The summed E-state index contributed by atoms with van der Waals surface area (Å²) in [7, 11) is 0. The Morgan fingerprint density at radius 1 is 0.389 bits per heavy atom. The van der Waals surface area contributed by atoms with Crippen LogP contribution in [0.4, 0.5) is 0 Å². The third-order valence-electron chi connectivity index (χ3n) is 7.35. The van der Waals surface area contributed by atoms with E-state index in [1.54, 1.807) is 0 Å². The first-order valence-corrected chi connectivity index (χ1v) is 13.9. The summed E-state index contributed by atoms with van der Waals surface area (Å²) in [5.41, 5.74) is 5.17. The second kappa shape index (κ2) is 7.76. The fraction of sp³-hybridized carbons (Fsp3) is 0. The Hall–Kier alpha value is -3.98. The highest BCUT2D eigenvalue weighted by molar-refractivity contribution is 7.27. The highest BCUT2D eigenvalue weighted by Crippen LogP contribution is 2.46. The molecule has 0 nitrogen and oxygen atoms in total. The average molecular weight is 493 g/mol. The molecule has 0 N–H and O–H groups in total. The molecule has 2 heterocycles. The summed E-state index contributed by atoms with van der Waals surface area (Å²) >= 11 is 3.73. The lowest BCUT2D eigenvalue weighted by molar-refractivity contribution is 1.66. The van der Waals surface area contributed by atoms with Crippen molar-refractivity contribution in [3.63, 3.8) is 0 Å². The Balaban J connectivity index is 1.49. The molecule has 0 amide bonds. The first kappa shape index (κ1) is 20.2. The van der Waals surface area contributed by atoms with Gasteiger partial charge in [-0.15, -0.1) is 22.7 Å². The standard InChI is InChI=1S/C34H20S2/c1-2-8-21(9-3-1)32-23-10-4-6-12-25(23)33(26-13-7-5-11-24(26)32)22-14-16-31-29(20-22)27-15-17-30-28(18-19-35-30)34(27)36-31/h1-20H. The van der Waals surface area contributed by atoms with Crippen LogP contribution in [0.2, 0.25) is 0 Å². The van der Waals surface area contributed by atoms with Gasteiger partial charge in [0.25, 0.3) is 0 Å². The van der Waals surface area contributed by atoms with Crippen LogP contribution in [0.15, 0.2) is 121 Å². The van der Waals surface area contributed by atoms with E-state index in [2.05, 4.69) is 121 Å². The molecule has 168 valence electrons. The molecule has 0 unspecified atom stereocenters. The molecule has 0 aliphatic heterocycles. The predicted molar refractivity (Wildman–Crippen MR) is 161 cm³/mol. The number of hydrogen-bond donors (Lipinski definition) is 0. The van der Waals surface area contributed by atoms with Crippen molar-refractivity contribution in [2.45, 2.75) is 0 Å². The summed E-state index contributed by atoms with van der Waals surface area (Å²) in [6.45, 7) is 0. The second-order valence-corrected chi connectivity index (χ2v) is 11.3. The van der Waals surface area contributed by atoms with E-state index in [1.807, 2.05) is 22.7 Å². The van der Waals surface area contributed by atoms with E-state index < -0.39 is 0 Å². The molecule has 0 bridgehead atoms. The lowest BCUT2D eigenvalue weighted by Gasteiger charge is -2.17. The molecule has 2 aromatic heterocycles. The Morgan fingerprint density at radius 3 is 1.69 bits per heavy atom. The van der Waals surface area contributed by atoms with Crippen LogP contribution in [-0.2, 0) is 0 Å². The summed E-state index contributed by atoms with van der Waals surface area (Å²) in [5, 5.41) is 11.5. The maximum atomic E-state index is 2.42. The Labute approximate surface area is 216 Å². The van der Waals surface area contributed by atoms with E-state index >= 15 is 0 Å². The molecule has 6 aromatic carbocycles. The van der Waals surface area contributed by atoms with E-state index in [0.717, 1.165) is 0 Å². The normalized spacial score (nSPS) is 11.9. The SMILES string of the molecule is c1ccc(-c2c3ccccc3c(-c3ccc4sc5c6ccsc6ccc5c4c3)c3ccccc23)cc1. The van der Waals surface area contributed by atoms with Gasteiger partial charge in [0.15, 0.2) is 0 Å². The molecule has 8 aromatic rings. The van der Waals surface area contributed by atoms with Crippen molar-refractivity contribution in [2.75, 3.05) is 0 Å². The second-order valence-electron chi connectivity index (χ2n) is 9.29. The van der Waals surface area contributed by atoms with E-state index in [0.29, 0.717) is 0 Å². The van der Waals surface area contributed by atoms with Crippen LogP contribution < -0.4 is 0 Å². The summed E-state index contributed by atoms with van der Waals surface area (Å²) in [6, 6.07) is 42.5. The van der Waals surface area contributed by atoms with Crippen LogP contribution in [0.5, 0.6) is 0 Å². The Bertz CT molecular complexity index is 2030. The molecule has 0 atom stereocenters. The van der Waals surface area contributed by atoms with Crippen LogP contribution in [0.3, 0.4) is 0 Å². The minimum absolute atomic E-state index is 1.26. The highest BCUT2D eigenvalue weighted by atomic mass is 32.1. The molecule has 0 aliphatic rings. The number of hydrogen-bond acceptors (Lipinski definition) is 2. The monoisotopic (exact) mass is 492 g/mol. The van der Waals surface area contributed by atoms with Gasteiger partial charge in [-0.1, -0.05) is 91.0 Å². The van der Waals surface area contributed by atoms with Crippen LogP contribution in [-0.4, -0.2) is 0 Å². The van der Waals surface area contributed by atoms with Crippen LogP contribution in [0.1, 0.15) is 0 Å². The number of thiophene rings is 2. The fourth-order valence-electron chi connectivity index (χ4n) is 5.79. The van der Waals surface area contributed by atoms with Crippen molar-refractivity contribution in [2.24, 2.45) is 0 Å². The molecule has 8 rings (SSSR count). The summed E-state index contributed by atoms with van der Waals surface area (Å²) in [4.78, 5) is 0. The minimum atomic E-state index is 1.26. The van der Waals surface area contributed by atoms with E-state index in [9.17, 15) is 0 Å². The molecule has 0 spiro atoms. The zero-order chi connectivity index (χ0) is 23.6. The van der Waals surface area contributed by atoms with Crippen molar-refractivity contribution in [3.8, 4) is 22.3 Å². The van der Waals surface area contributed by atoms with Gasteiger partial charge in [-0.2, -0.15) is 0 Å². The maximum Gasteiger partial charge on any atom is 0.0442 e. The maximum absolute atomic E-state index is 2.42. The van der Waals surface area contributed by atoms with Gasteiger partial charge in [0.1, 0.15) is 0 Å². The summed E-state index contributed by atoms with van der Waals surface area (Å²) in [6.07, 6.45) is 0. The highest BCUT2D eigenvalue weighted by Gasteiger charge is 2.17. The quantitative estimate of drug-likeness (QED) is 0.211. The van der Waals surface area contributed by atoms with Gasteiger partial charge in [0, 0.05) is 30.3 Å². The van der Waals surface area contributed by atoms with Gasteiger partial charge in [0.2, 0.25) is 0 Å². The molecule has 0 aliphatic carbocycles. The summed E-state index contributed by atoms with van der Waals surface area (Å²) < 4.78 is 4.11. The topological polar surface area (TPSA) is 0 Å². The molecule has 0 radical (unpaired) electrons. The zero-order valence-corrected chi connectivity index (χ0v) is 21.0. The minimum Gasteiger partial charge on any atom is -0.144 e. The van der Waals surface area contributed by atoms with Crippen molar-refractivity contribution in [1.29, 1.82) is 0 Å². The first-order valence-electron chi connectivity index (χ1n) is 12.2. The number of benzene rings is 6. The van der Waals surface area contributed by atoms with Gasteiger partial charge in [-0.3, -0.25) is 0 Å². The van der Waals surface area contributed by atoms with Crippen molar-refractivity contribution in [3.05, 3.63) is 121 Å². The average Bonchev–Trinajstić information content (AvgIpc) is 3.56. The predicted octanol–water partition coefficient (Wildman–Crippen LogP) is 10.9. The lowest BCUT2D eigenvalue weighted by atomic mass is 9.86. The molecule has 0 fully saturated rings. The van der Waals surface area contributed by atoms with Crippen LogP contribution >= 0.6 is 22.7 Å². The van der Waals surface area contributed by atoms with Crippen molar-refractivity contribution < 1.29 is 0 Å². The lowest BCUT2D eigenvalue weighted by Crippen LogP contribution is -1.90. The molecular weight excluding hydrogens is 473 g/mol. The van der Waals surface area contributed by atoms with E-state index in [4.69, 9.17) is 0 Å². The van der Waals surface area contributed by atoms with E-state index in [-0.39, 0.29) is 0 Å². The van der Waals surface area contributed by atoms with Crippen LogP contribution in [0.25, 0.3) is 74.1 Å². The van der Waals surface area contributed by atoms with Gasteiger partial charge in [-0.25, -0.2) is 0 Å². The molecular formula is C34H20S2. The fourth-order valence-corrected chi connectivity index (χ4v) is 7.86. The van der Waals surface area contributed by atoms with Crippen molar-refractivity contribution >= 4 is 74.5 Å².